The van der Waals surface area contributed by atoms with Crippen molar-refractivity contribution in [3.05, 3.63) is 20.8 Å². The summed E-state index contributed by atoms with van der Waals surface area (Å²) < 4.78 is 1.03. The van der Waals surface area contributed by atoms with Crippen molar-refractivity contribution in [2.75, 3.05) is 0 Å². The lowest BCUT2D eigenvalue weighted by atomic mass is 9.85. The molecule has 0 aromatic carbocycles. The van der Waals surface area contributed by atoms with Crippen LogP contribution >= 0.6 is 39.5 Å². The Morgan fingerprint density at radius 2 is 2.22 bits per heavy atom. The predicted molar refractivity (Wildman–Crippen MR) is 81.6 cm³/mol. The molecule has 1 saturated carbocycles. The van der Waals surface area contributed by atoms with Crippen LogP contribution in [0.25, 0.3) is 0 Å². The second-order valence-corrected chi connectivity index (χ2v) is 6.82. The third-order valence-corrected chi connectivity index (χ3v) is 5.78. The van der Waals surface area contributed by atoms with Gasteiger partial charge in [-0.05, 0) is 40.2 Å². The number of nitrogens with two attached hydrogens (primary N) is 1. The molecule has 1 heterocycles. The first-order chi connectivity index (χ1) is 8.56. The van der Waals surface area contributed by atoms with Gasteiger partial charge >= 0.3 is 0 Å². The number of carbonyl (C=O) groups excluding carboxylic acids is 1. The van der Waals surface area contributed by atoms with E-state index >= 15 is 0 Å². The van der Waals surface area contributed by atoms with Gasteiger partial charge in [-0.1, -0.05) is 25.1 Å². The van der Waals surface area contributed by atoms with Crippen LogP contribution in [-0.2, 0) is 11.3 Å². The Kier molecular flexibility index (Phi) is 4.40. The highest BCUT2D eigenvalue weighted by atomic mass is 79.9. The quantitative estimate of drug-likeness (QED) is 0.824. The number of hydrogen-bond acceptors (Lipinski definition) is 3. The summed E-state index contributed by atoms with van der Waals surface area (Å²) in [4.78, 5) is 13.8. The zero-order chi connectivity index (χ0) is 13.2. The topological polar surface area (TPSA) is 55.1 Å². The smallest absolute Gasteiger partial charge is 0.233 e. The number of halogens is 1. The van der Waals surface area contributed by atoms with E-state index in [2.05, 4.69) is 21.2 Å². The number of thiocarbonyl (C=S) groups is 1. The van der Waals surface area contributed by atoms with E-state index in [0.717, 1.165) is 35.0 Å². The lowest BCUT2D eigenvalue weighted by Gasteiger charge is -2.26. The van der Waals surface area contributed by atoms with Gasteiger partial charge in [0, 0.05) is 9.35 Å². The second-order valence-electron chi connectivity index (χ2n) is 4.53. The van der Waals surface area contributed by atoms with Crippen molar-refractivity contribution in [1.82, 2.24) is 5.32 Å². The van der Waals surface area contributed by atoms with Crippen molar-refractivity contribution in [3.63, 3.8) is 0 Å². The summed E-state index contributed by atoms with van der Waals surface area (Å²) in [6, 6.07) is 1.98. The Bertz CT molecular complexity index is 466. The van der Waals surface area contributed by atoms with Gasteiger partial charge in [0.2, 0.25) is 5.91 Å². The summed E-state index contributed by atoms with van der Waals surface area (Å²) in [7, 11) is 0. The predicted octanol–water partition coefficient (Wildman–Crippen LogP) is 2.97. The minimum atomic E-state index is -0.612. The molecule has 0 spiro atoms. The summed E-state index contributed by atoms with van der Waals surface area (Å²) in [6.45, 7) is 0.529. The minimum absolute atomic E-state index is 0.0206. The first kappa shape index (κ1) is 14.0. The van der Waals surface area contributed by atoms with Crippen LogP contribution in [0.4, 0.5) is 0 Å². The standard InChI is InChI=1S/C12H15BrN2OS2/c13-8-3-6-18-9(8)7-15-11(16)12(10(14)17)4-1-2-5-12/h3,6H,1-2,4-5,7H2,(H2,14,17)(H,15,16). The van der Waals surface area contributed by atoms with Gasteiger partial charge in [0.15, 0.2) is 0 Å². The van der Waals surface area contributed by atoms with E-state index in [-0.39, 0.29) is 5.91 Å². The highest BCUT2D eigenvalue weighted by Gasteiger charge is 2.43. The molecule has 98 valence electrons. The molecule has 0 radical (unpaired) electrons. The molecule has 2 rings (SSSR count). The maximum Gasteiger partial charge on any atom is 0.233 e. The molecule has 0 saturated heterocycles. The van der Waals surface area contributed by atoms with E-state index in [4.69, 9.17) is 18.0 Å². The fourth-order valence-electron chi connectivity index (χ4n) is 2.34. The van der Waals surface area contributed by atoms with Crippen molar-refractivity contribution in [2.24, 2.45) is 11.1 Å². The van der Waals surface area contributed by atoms with Gasteiger partial charge in [-0.15, -0.1) is 11.3 Å². The molecular formula is C12H15BrN2OS2. The molecule has 1 amide bonds. The van der Waals surface area contributed by atoms with Crippen LogP contribution < -0.4 is 11.1 Å². The van der Waals surface area contributed by atoms with Gasteiger partial charge in [0.1, 0.15) is 0 Å². The molecule has 1 aliphatic rings. The summed E-state index contributed by atoms with van der Waals surface area (Å²) >= 11 is 10.2. The second kappa shape index (κ2) is 5.67. The molecule has 0 atom stereocenters. The molecule has 1 aromatic rings. The zero-order valence-corrected chi connectivity index (χ0v) is 13.1. The van der Waals surface area contributed by atoms with Gasteiger partial charge < -0.3 is 11.1 Å². The average molecular weight is 347 g/mol. The highest BCUT2D eigenvalue weighted by Crippen LogP contribution is 2.38. The van der Waals surface area contributed by atoms with Gasteiger partial charge in [-0.2, -0.15) is 0 Å². The molecule has 0 bridgehead atoms. The minimum Gasteiger partial charge on any atom is -0.392 e. The third-order valence-electron chi connectivity index (χ3n) is 3.46. The van der Waals surface area contributed by atoms with Crippen LogP contribution in [0.5, 0.6) is 0 Å². The van der Waals surface area contributed by atoms with Gasteiger partial charge in [-0.3, -0.25) is 4.79 Å². The number of thiophene rings is 1. The average Bonchev–Trinajstić information content (AvgIpc) is 2.95. The number of carbonyl (C=O) groups is 1. The van der Waals surface area contributed by atoms with E-state index in [0.29, 0.717) is 11.5 Å². The molecule has 3 N–H and O–H groups in total. The molecule has 18 heavy (non-hydrogen) atoms. The maximum atomic E-state index is 12.3. The Morgan fingerprint density at radius 1 is 1.56 bits per heavy atom. The summed E-state index contributed by atoms with van der Waals surface area (Å²) in [5, 5.41) is 4.95. The van der Waals surface area contributed by atoms with Crippen molar-refractivity contribution in [1.29, 1.82) is 0 Å². The van der Waals surface area contributed by atoms with Crippen LogP contribution in [0.2, 0.25) is 0 Å². The van der Waals surface area contributed by atoms with Crippen LogP contribution in [0, 0.1) is 5.41 Å². The molecule has 1 aromatic heterocycles. The first-order valence-corrected chi connectivity index (χ1v) is 7.94. The van der Waals surface area contributed by atoms with E-state index in [9.17, 15) is 4.79 Å². The fourth-order valence-corrected chi connectivity index (χ4v) is 4.07. The number of nitrogens with one attached hydrogen (secondary N) is 1. The van der Waals surface area contributed by atoms with Gasteiger partial charge in [-0.25, -0.2) is 0 Å². The van der Waals surface area contributed by atoms with E-state index in [1.54, 1.807) is 11.3 Å². The fraction of sp³-hybridized carbons (Fsp3) is 0.500. The molecule has 6 heteroatoms. The Hall–Kier alpha value is -0.460. The Labute approximate surface area is 124 Å². The highest BCUT2D eigenvalue weighted by molar-refractivity contribution is 9.10. The summed E-state index contributed by atoms with van der Waals surface area (Å²) in [5.74, 6) is -0.0206. The van der Waals surface area contributed by atoms with Crippen LogP contribution in [0.3, 0.4) is 0 Å². The third kappa shape index (κ3) is 2.60. The zero-order valence-electron chi connectivity index (χ0n) is 9.87. The molecule has 0 aliphatic heterocycles. The summed E-state index contributed by atoms with van der Waals surface area (Å²) in [5.41, 5.74) is 5.16. The van der Waals surface area contributed by atoms with Crippen molar-refractivity contribution < 1.29 is 4.79 Å². The van der Waals surface area contributed by atoms with Crippen molar-refractivity contribution in [2.45, 2.75) is 32.2 Å². The number of amides is 1. The monoisotopic (exact) mass is 346 g/mol. The van der Waals surface area contributed by atoms with Crippen LogP contribution in [-0.4, -0.2) is 10.9 Å². The lowest BCUT2D eigenvalue weighted by molar-refractivity contribution is -0.127. The molecular weight excluding hydrogens is 332 g/mol. The van der Waals surface area contributed by atoms with E-state index in [1.165, 1.54) is 0 Å². The number of hydrogen-bond donors (Lipinski definition) is 2. The van der Waals surface area contributed by atoms with Gasteiger partial charge in [0.05, 0.1) is 16.9 Å². The molecule has 1 fully saturated rings. The molecule has 0 unspecified atom stereocenters. The van der Waals surface area contributed by atoms with E-state index < -0.39 is 5.41 Å². The van der Waals surface area contributed by atoms with Crippen molar-refractivity contribution >= 4 is 50.4 Å². The normalized spacial score (nSPS) is 17.6. The maximum absolute atomic E-state index is 12.3. The number of rotatable bonds is 4. The first-order valence-electron chi connectivity index (χ1n) is 5.86. The van der Waals surface area contributed by atoms with E-state index in [1.807, 2.05) is 11.4 Å². The van der Waals surface area contributed by atoms with Crippen LogP contribution in [0.15, 0.2) is 15.9 Å². The Morgan fingerprint density at radius 3 is 2.72 bits per heavy atom. The van der Waals surface area contributed by atoms with Crippen LogP contribution in [0.1, 0.15) is 30.6 Å². The molecule has 3 nitrogen and oxygen atoms in total. The summed E-state index contributed by atoms with van der Waals surface area (Å²) in [6.07, 6.45) is 3.60. The van der Waals surface area contributed by atoms with Gasteiger partial charge in [0.25, 0.3) is 0 Å². The van der Waals surface area contributed by atoms with Crippen molar-refractivity contribution in [3.8, 4) is 0 Å². The largest absolute Gasteiger partial charge is 0.392 e. The molecule has 1 aliphatic carbocycles. The SMILES string of the molecule is NC(=S)C1(C(=O)NCc2sccc2Br)CCCC1. The lowest BCUT2D eigenvalue weighted by Crippen LogP contribution is -2.46. The Balaban J connectivity index is 2.03.